The molecule has 2 heterocycles. The first-order chi connectivity index (χ1) is 15.6. The number of rotatable bonds is 4. The lowest BCUT2D eigenvalue weighted by atomic mass is 10.0. The molecule has 0 fully saturated rings. The van der Waals surface area contributed by atoms with E-state index in [0.717, 1.165) is 16.5 Å². The van der Waals surface area contributed by atoms with Crippen LogP contribution in [0.5, 0.6) is 0 Å². The zero-order chi connectivity index (χ0) is 22.1. The summed E-state index contributed by atoms with van der Waals surface area (Å²) in [4.78, 5) is 22.4. The molecule has 0 saturated heterocycles. The quantitative estimate of drug-likeness (QED) is 0.312. The molecule has 32 heavy (non-hydrogen) atoms. The molecule has 1 N–H and O–H groups in total. The molecule has 0 aliphatic rings. The summed E-state index contributed by atoms with van der Waals surface area (Å²) >= 11 is 7.68. The number of benzene rings is 3. The normalized spacial score (nSPS) is 10.9. The van der Waals surface area contributed by atoms with E-state index in [9.17, 15) is 9.18 Å². The van der Waals surface area contributed by atoms with E-state index in [2.05, 4.69) is 10.3 Å². The van der Waals surface area contributed by atoms with Crippen molar-refractivity contribution in [2.45, 2.75) is 0 Å². The highest BCUT2D eigenvalue weighted by atomic mass is 35.5. The summed E-state index contributed by atoms with van der Waals surface area (Å²) in [7, 11) is 0. The van der Waals surface area contributed by atoms with E-state index in [1.54, 1.807) is 24.3 Å². The number of hydrogen-bond donors (Lipinski definition) is 1. The van der Waals surface area contributed by atoms with E-state index in [4.69, 9.17) is 16.6 Å². The minimum absolute atomic E-state index is 0.295. The third-order valence-corrected chi connectivity index (χ3v) is 6.06. The van der Waals surface area contributed by atoms with Gasteiger partial charge < -0.3 is 0 Å². The minimum atomic E-state index is -0.309. The molecule has 2 aromatic heterocycles. The summed E-state index contributed by atoms with van der Waals surface area (Å²) in [6, 6.07) is 22.7. The van der Waals surface area contributed by atoms with Crippen molar-refractivity contribution in [1.82, 2.24) is 9.97 Å². The molecule has 156 valence electrons. The Kier molecular flexibility index (Phi) is 5.39. The monoisotopic (exact) mass is 459 g/mol. The van der Waals surface area contributed by atoms with E-state index in [1.807, 2.05) is 47.8 Å². The van der Waals surface area contributed by atoms with Gasteiger partial charge in [0.15, 0.2) is 5.13 Å². The van der Waals surface area contributed by atoms with Gasteiger partial charge in [-0.15, -0.1) is 11.3 Å². The predicted molar refractivity (Wildman–Crippen MR) is 128 cm³/mol. The Morgan fingerprint density at radius 2 is 1.66 bits per heavy atom. The van der Waals surface area contributed by atoms with Gasteiger partial charge in [-0.2, -0.15) is 0 Å². The van der Waals surface area contributed by atoms with E-state index in [-0.39, 0.29) is 11.7 Å². The summed E-state index contributed by atoms with van der Waals surface area (Å²) in [6.45, 7) is 0. The minimum Gasteiger partial charge on any atom is -0.298 e. The van der Waals surface area contributed by atoms with Gasteiger partial charge in [0.2, 0.25) is 0 Å². The number of halogens is 2. The first-order valence-electron chi connectivity index (χ1n) is 9.76. The molecule has 0 radical (unpaired) electrons. The largest absolute Gasteiger partial charge is 0.298 e. The van der Waals surface area contributed by atoms with Crippen molar-refractivity contribution in [2.75, 3.05) is 5.32 Å². The number of carbonyl (C=O) groups excluding carboxylic acids is 1. The third-order valence-electron chi connectivity index (χ3n) is 4.98. The number of para-hydroxylation sites is 1. The lowest BCUT2D eigenvalue weighted by molar-refractivity contribution is 0.102. The molecular formula is C25H15ClFN3OS. The molecule has 7 heteroatoms. The van der Waals surface area contributed by atoms with Gasteiger partial charge in [-0.05, 0) is 42.5 Å². The molecule has 0 unspecified atom stereocenters. The van der Waals surface area contributed by atoms with E-state index in [1.165, 1.54) is 23.5 Å². The molecule has 5 aromatic rings. The van der Waals surface area contributed by atoms with Gasteiger partial charge in [-0.3, -0.25) is 10.1 Å². The van der Waals surface area contributed by atoms with Crippen molar-refractivity contribution in [3.8, 4) is 22.5 Å². The van der Waals surface area contributed by atoms with Crippen LogP contribution in [0.4, 0.5) is 9.52 Å². The molecule has 3 aromatic carbocycles. The number of aromatic nitrogens is 2. The number of nitrogens with zero attached hydrogens (tertiary/aromatic N) is 2. The zero-order valence-electron chi connectivity index (χ0n) is 16.5. The first kappa shape index (κ1) is 20.3. The fourth-order valence-electron chi connectivity index (χ4n) is 3.42. The van der Waals surface area contributed by atoms with E-state index < -0.39 is 0 Å². The highest BCUT2D eigenvalue weighted by Gasteiger charge is 2.17. The van der Waals surface area contributed by atoms with Crippen molar-refractivity contribution >= 4 is 44.9 Å². The van der Waals surface area contributed by atoms with Crippen LogP contribution in [0.15, 0.2) is 84.2 Å². The third kappa shape index (κ3) is 3.98. The molecule has 0 bridgehead atoms. The van der Waals surface area contributed by atoms with Crippen molar-refractivity contribution in [2.24, 2.45) is 0 Å². The maximum atomic E-state index is 13.2. The molecule has 4 nitrogen and oxygen atoms in total. The smallest absolute Gasteiger partial charge is 0.258 e. The highest BCUT2D eigenvalue weighted by molar-refractivity contribution is 7.14. The SMILES string of the molecule is O=C(Nc1nc(-c2ccc(F)cc2)cs1)c1cc(-c2ccccc2Cl)nc2ccccc12. The Morgan fingerprint density at radius 1 is 0.906 bits per heavy atom. The zero-order valence-corrected chi connectivity index (χ0v) is 18.1. The number of hydrogen-bond acceptors (Lipinski definition) is 4. The molecule has 1 amide bonds. The van der Waals surface area contributed by atoms with Gasteiger partial charge in [-0.25, -0.2) is 14.4 Å². The number of fused-ring (bicyclic) bond motifs is 1. The van der Waals surface area contributed by atoms with Crippen LogP contribution in [0.1, 0.15) is 10.4 Å². The molecule has 5 rings (SSSR count). The Balaban J connectivity index is 1.51. The maximum absolute atomic E-state index is 13.2. The van der Waals surface area contributed by atoms with Gasteiger partial charge in [0.1, 0.15) is 5.82 Å². The lowest BCUT2D eigenvalue weighted by Gasteiger charge is -2.10. The highest BCUT2D eigenvalue weighted by Crippen LogP contribution is 2.31. The number of pyridine rings is 1. The van der Waals surface area contributed by atoms with Gasteiger partial charge >= 0.3 is 0 Å². The number of nitrogens with one attached hydrogen (secondary N) is 1. The second-order valence-corrected chi connectivity index (χ2v) is 8.32. The average Bonchev–Trinajstić information content (AvgIpc) is 3.27. The number of amides is 1. The van der Waals surface area contributed by atoms with Gasteiger partial charge in [-0.1, -0.05) is 48.0 Å². The van der Waals surface area contributed by atoms with Crippen LogP contribution in [-0.2, 0) is 0 Å². The first-order valence-corrected chi connectivity index (χ1v) is 11.0. The number of carbonyl (C=O) groups is 1. The van der Waals surface area contributed by atoms with Crippen molar-refractivity contribution < 1.29 is 9.18 Å². The summed E-state index contributed by atoms with van der Waals surface area (Å²) in [5, 5.41) is 6.45. The standard InChI is InChI=1S/C25H15ClFN3OS/c26-20-7-3-1-6-18(20)22-13-19(17-5-2-4-8-21(17)28-22)24(31)30-25-29-23(14-32-25)15-9-11-16(27)12-10-15/h1-14H,(H,29,30,31). The van der Waals surface area contributed by atoms with E-state index >= 15 is 0 Å². The van der Waals surface area contributed by atoms with Crippen LogP contribution in [-0.4, -0.2) is 15.9 Å². The van der Waals surface area contributed by atoms with Crippen LogP contribution < -0.4 is 5.32 Å². The number of thiazole rings is 1. The molecular weight excluding hydrogens is 445 g/mol. The van der Waals surface area contributed by atoms with Crippen LogP contribution in [0.2, 0.25) is 5.02 Å². The Bertz CT molecular complexity index is 1450. The fourth-order valence-corrected chi connectivity index (χ4v) is 4.37. The van der Waals surface area contributed by atoms with Crippen molar-refractivity contribution in [3.63, 3.8) is 0 Å². The molecule has 0 aliphatic carbocycles. The van der Waals surface area contributed by atoms with Gasteiger partial charge in [0.05, 0.1) is 22.5 Å². The molecule has 0 saturated carbocycles. The molecule has 0 atom stereocenters. The fraction of sp³-hybridized carbons (Fsp3) is 0. The van der Waals surface area contributed by atoms with Crippen LogP contribution in [0, 0.1) is 5.82 Å². The number of anilines is 1. The molecule has 0 aliphatic heterocycles. The van der Waals surface area contributed by atoms with Crippen molar-refractivity contribution in [3.05, 3.63) is 101 Å². The topological polar surface area (TPSA) is 54.9 Å². The second kappa shape index (κ2) is 8.49. The van der Waals surface area contributed by atoms with Crippen molar-refractivity contribution in [1.29, 1.82) is 0 Å². The predicted octanol–water partition coefficient (Wildman–Crippen LogP) is 7.07. The Hall–Kier alpha value is -3.61. The Labute approximate surface area is 192 Å². The van der Waals surface area contributed by atoms with Crippen LogP contribution in [0.3, 0.4) is 0 Å². The van der Waals surface area contributed by atoms with Gasteiger partial charge in [0, 0.05) is 26.9 Å². The van der Waals surface area contributed by atoms with Gasteiger partial charge in [0.25, 0.3) is 5.91 Å². The summed E-state index contributed by atoms with van der Waals surface area (Å²) in [6.07, 6.45) is 0. The Morgan fingerprint density at radius 3 is 2.47 bits per heavy atom. The lowest BCUT2D eigenvalue weighted by Crippen LogP contribution is -2.13. The summed E-state index contributed by atoms with van der Waals surface area (Å²) in [5.74, 6) is -0.603. The van der Waals surface area contributed by atoms with Crippen LogP contribution in [0.25, 0.3) is 33.4 Å². The maximum Gasteiger partial charge on any atom is 0.258 e. The second-order valence-electron chi connectivity index (χ2n) is 7.05. The average molecular weight is 460 g/mol. The molecule has 0 spiro atoms. The van der Waals surface area contributed by atoms with Crippen LogP contribution >= 0.6 is 22.9 Å². The van der Waals surface area contributed by atoms with E-state index in [0.29, 0.717) is 32.6 Å². The summed E-state index contributed by atoms with van der Waals surface area (Å²) in [5.41, 5.74) is 3.98. The summed E-state index contributed by atoms with van der Waals surface area (Å²) < 4.78 is 13.2.